The number of carbonyl (C=O) groups excluding carboxylic acids is 1. The Morgan fingerprint density at radius 1 is 1.18 bits per heavy atom. The minimum Gasteiger partial charge on any atom is -0.475 e. The fourth-order valence-corrected chi connectivity index (χ4v) is 2.71. The van der Waals surface area contributed by atoms with E-state index in [1.54, 1.807) is 16.9 Å². The number of hydrogen-bond acceptors (Lipinski definition) is 7. The maximum atomic E-state index is 12.0. The van der Waals surface area contributed by atoms with E-state index in [9.17, 15) is 18.0 Å². The molecule has 0 aliphatic heterocycles. The third-order valence-corrected chi connectivity index (χ3v) is 5.12. The monoisotopic (exact) mass is 467 g/mol. The van der Waals surface area contributed by atoms with E-state index in [0.717, 1.165) is 22.2 Å². The van der Waals surface area contributed by atoms with Crippen molar-refractivity contribution in [1.29, 1.82) is 0 Å². The zero-order chi connectivity index (χ0) is 25.0. The van der Waals surface area contributed by atoms with Crippen molar-refractivity contribution in [2.75, 3.05) is 21.2 Å². The number of esters is 1. The Bertz CT molecular complexity index is 1140. The standard InChI is InChI=1S/C19H23N5O2.C2HF3O2/c1-19(2,23(3)4)16-12-24(22-21-16)11-13-8-9-15(18(25)26-5)14-7-6-10-20-17(13)14;3-2(4,5)1(6)7/h6-10,12H,11H2,1-5H3;(H,6,7). The molecule has 0 radical (unpaired) electrons. The van der Waals surface area contributed by atoms with Crippen LogP contribution in [0.25, 0.3) is 10.9 Å². The first-order valence-corrected chi connectivity index (χ1v) is 9.62. The lowest BCUT2D eigenvalue weighted by molar-refractivity contribution is -0.192. The van der Waals surface area contributed by atoms with Gasteiger partial charge in [0, 0.05) is 11.6 Å². The zero-order valence-corrected chi connectivity index (χ0v) is 18.7. The van der Waals surface area contributed by atoms with Crippen LogP contribution in [0.4, 0.5) is 13.2 Å². The number of carbonyl (C=O) groups is 2. The molecule has 0 atom stereocenters. The maximum Gasteiger partial charge on any atom is 0.490 e. The number of pyridine rings is 1. The van der Waals surface area contributed by atoms with E-state index in [4.69, 9.17) is 14.6 Å². The van der Waals surface area contributed by atoms with E-state index in [0.29, 0.717) is 12.1 Å². The summed E-state index contributed by atoms with van der Waals surface area (Å²) >= 11 is 0. The van der Waals surface area contributed by atoms with Gasteiger partial charge < -0.3 is 9.84 Å². The summed E-state index contributed by atoms with van der Waals surface area (Å²) in [5.74, 6) is -3.13. The van der Waals surface area contributed by atoms with E-state index in [1.165, 1.54) is 7.11 Å². The molecule has 1 aromatic carbocycles. The van der Waals surface area contributed by atoms with Gasteiger partial charge in [0.1, 0.15) is 5.69 Å². The maximum absolute atomic E-state index is 12.0. The Morgan fingerprint density at radius 2 is 1.82 bits per heavy atom. The Kier molecular flexibility index (Phi) is 7.75. The Labute approximate surface area is 187 Å². The molecule has 3 rings (SSSR count). The molecule has 0 saturated heterocycles. The molecule has 0 unspecified atom stereocenters. The van der Waals surface area contributed by atoms with Gasteiger partial charge in [-0.15, -0.1) is 5.10 Å². The summed E-state index contributed by atoms with van der Waals surface area (Å²) in [6.45, 7) is 4.72. The van der Waals surface area contributed by atoms with Crippen LogP contribution in [0, 0.1) is 0 Å². The highest BCUT2D eigenvalue weighted by molar-refractivity contribution is 6.04. The summed E-state index contributed by atoms with van der Waals surface area (Å²) < 4.78 is 38.4. The molecule has 0 bridgehead atoms. The van der Waals surface area contributed by atoms with Crippen LogP contribution >= 0.6 is 0 Å². The molecular weight excluding hydrogens is 443 g/mol. The minimum atomic E-state index is -5.08. The van der Waals surface area contributed by atoms with Crippen molar-refractivity contribution in [3.05, 3.63) is 53.5 Å². The van der Waals surface area contributed by atoms with Crippen molar-refractivity contribution in [2.45, 2.75) is 32.1 Å². The molecule has 9 nitrogen and oxygen atoms in total. The van der Waals surface area contributed by atoms with E-state index >= 15 is 0 Å². The molecule has 178 valence electrons. The Hall–Kier alpha value is -3.54. The van der Waals surface area contributed by atoms with Gasteiger partial charge in [0.2, 0.25) is 0 Å². The van der Waals surface area contributed by atoms with E-state index < -0.39 is 12.1 Å². The first-order chi connectivity index (χ1) is 15.3. The quantitative estimate of drug-likeness (QED) is 0.570. The number of ether oxygens (including phenoxy) is 1. The predicted octanol–water partition coefficient (Wildman–Crippen LogP) is 3.09. The van der Waals surface area contributed by atoms with Crippen LogP contribution in [-0.2, 0) is 21.6 Å². The Morgan fingerprint density at radius 3 is 2.36 bits per heavy atom. The number of benzene rings is 1. The van der Waals surface area contributed by atoms with Crippen LogP contribution in [0.2, 0.25) is 0 Å². The van der Waals surface area contributed by atoms with Crippen molar-refractivity contribution in [1.82, 2.24) is 24.9 Å². The van der Waals surface area contributed by atoms with Crippen molar-refractivity contribution < 1.29 is 32.6 Å². The normalized spacial score (nSPS) is 11.8. The van der Waals surface area contributed by atoms with Crippen molar-refractivity contribution >= 4 is 22.8 Å². The van der Waals surface area contributed by atoms with Gasteiger partial charge in [-0.3, -0.25) is 9.88 Å². The molecule has 0 aliphatic carbocycles. The molecule has 12 heteroatoms. The first kappa shape index (κ1) is 25.7. The summed E-state index contributed by atoms with van der Waals surface area (Å²) in [6.07, 6.45) is -1.42. The number of alkyl halides is 3. The van der Waals surface area contributed by atoms with Crippen LogP contribution < -0.4 is 0 Å². The summed E-state index contributed by atoms with van der Waals surface area (Å²) in [5, 5.41) is 16.5. The fourth-order valence-electron chi connectivity index (χ4n) is 2.71. The lowest BCUT2D eigenvalue weighted by Gasteiger charge is -2.29. The highest BCUT2D eigenvalue weighted by atomic mass is 19.4. The second-order valence-corrected chi connectivity index (χ2v) is 7.72. The van der Waals surface area contributed by atoms with Gasteiger partial charge >= 0.3 is 18.1 Å². The van der Waals surface area contributed by atoms with Gasteiger partial charge in [0.25, 0.3) is 0 Å². The topological polar surface area (TPSA) is 110 Å². The predicted molar refractivity (Wildman–Crippen MR) is 113 cm³/mol. The molecule has 1 N–H and O–H groups in total. The molecule has 0 spiro atoms. The molecule has 0 amide bonds. The third kappa shape index (κ3) is 6.04. The Balaban J connectivity index is 0.000000479. The molecule has 0 aliphatic rings. The van der Waals surface area contributed by atoms with Crippen LogP contribution in [-0.4, -0.2) is 69.3 Å². The summed E-state index contributed by atoms with van der Waals surface area (Å²) in [6, 6.07) is 7.35. The van der Waals surface area contributed by atoms with Gasteiger partial charge in [0.05, 0.1) is 36.5 Å². The van der Waals surface area contributed by atoms with Gasteiger partial charge in [0.15, 0.2) is 0 Å². The van der Waals surface area contributed by atoms with E-state index in [1.807, 2.05) is 38.5 Å². The number of hydrogen-bond donors (Lipinski definition) is 1. The van der Waals surface area contributed by atoms with Gasteiger partial charge in [-0.2, -0.15) is 13.2 Å². The number of methoxy groups -OCH3 is 1. The summed E-state index contributed by atoms with van der Waals surface area (Å²) in [7, 11) is 5.41. The van der Waals surface area contributed by atoms with E-state index in [-0.39, 0.29) is 11.5 Å². The average Bonchev–Trinajstić information content (AvgIpc) is 3.22. The summed E-state index contributed by atoms with van der Waals surface area (Å²) in [4.78, 5) is 27.4. The lowest BCUT2D eigenvalue weighted by Crippen LogP contribution is -2.35. The number of halogens is 3. The highest BCUT2D eigenvalue weighted by Crippen LogP contribution is 2.25. The van der Waals surface area contributed by atoms with Crippen LogP contribution in [0.3, 0.4) is 0 Å². The second-order valence-electron chi connectivity index (χ2n) is 7.72. The van der Waals surface area contributed by atoms with Crippen LogP contribution in [0.5, 0.6) is 0 Å². The van der Waals surface area contributed by atoms with Gasteiger partial charge in [-0.05, 0) is 45.6 Å². The van der Waals surface area contributed by atoms with Crippen molar-refractivity contribution in [3.63, 3.8) is 0 Å². The van der Waals surface area contributed by atoms with Gasteiger partial charge in [-0.1, -0.05) is 17.3 Å². The number of carboxylic acids is 1. The van der Waals surface area contributed by atoms with Crippen LogP contribution in [0.1, 0.15) is 35.5 Å². The molecular formula is C21H24F3N5O4. The van der Waals surface area contributed by atoms with Crippen molar-refractivity contribution in [2.24, 2.45) is 0 Å². The third-order valence-electron chi connectivity index (χ3n) is 5.12. The number of carboxylic acid groups (broad SMARTS) is 1. The smallest absolute Gasteiger partial charge is 0.475 e. The largest absolute Gasteiger partial charge is 0.490 e. The molecule has 2 aromatic heterocycles. The highest BCUT2D eigenvalue weighted by Gasteiger charge is 2.38. The number of aliphatic carboxylic acids is 1. The lowest BCUT2D eigenvalue weighted by atomic mass is 10.0. The SMILES string of the molecule is COC(=O)c1ccc(Cn2cc(C(C)(C)N(C)C)nn2)c2ncccc12.O=C(O)C(F)(F)F. The molecule has 0 saturated carbocycles. The molecule has 0 fully saturated rings. The fraction of sp³-hybridized carbons (Fsp3) is 0.381. The second kappa shape index (κ2) is 9.94. The molecule has 3 aromatic rings. The van der Waals surface area contributed by atoms with Crippen LogP contribution in [0.15, 0.2) is 36.7 Å². The number of fused-ring (bicyclic) bond motifs is 1. The summed E-state index contributed by atoms with van der Waals surface area (Å²) in [5.41, 5.74) is 2.91. The number of nitrogens with zero attached hydrogens (tertiary/aromatic N) is 5. The van der Waals surface area contributed by atoms with Crippen molar-refractivity contribution in [3.8, 4) is 0 Å². The first-order valence-electron chi connectivity index (χ1n) is 9.62. The van der Waals surface area contributed by atoms with Gasteiger partial charge in [-0.25, -0.2) is 14.3 Å². The van der Waals surface area contributed by atoms with E-state index in [2.05, 4.69) is 34.0 Å². The average molecular weight is 467 g/mol. The molecule has 33 heavy (non-hydrogen) atoms. The number of rotatable bonds is 5. The number of aromatic nitrogens is 4. The molecule has 2 heterocycles. The zero-order valence-electron chi connectivity index (χ0n) is 18.7. The minimum absolute atomic E-state index is 0.215.